The Morgan fingerprint density at radius 2 is 1.80 bits per heavy atom. The Morgan fingerprint density at radius 1 is 1.25 bits per heavy atom. The van der Waals surface area contributed by atoms with Gasteiger partial charge in [-0.1, -0.05) is 6.07 Å². The number of sulfonamides is 1. The Kier molecular flexibility index (Phi) is 6.97. The van der Waals surface area contributed by atoms with Crippen LogP contribution in [-0.4, -0.2) is 46.5 Å². The number of aryl methyl sites for hydroxylation is 1. The van der Waals surface area contributed by atoms with Crippen molar-refractivity contribution in [3.8, 4) is 0 Å². The van der Waals surface area contributed by atoms with Crippen molar-refractivity contribution in [1.82, 2.24) is 4.31 Å². The molecule has 1 aromatic rings. The van der Waals surface area contributed by atoms with Crippen LogP contribution in [-0.2, 0) is 10.0 Å². The van der Waals surface area contributed by atoms with Crippen molar-refractivity contribution >= 4 is 28.1 Å². The van der Waals surface area contributed by atoms with Crippen molar-refractivity contribution in [1.29, 1.82) is 0 Å². The van der Waals surface area contributed by atoms with E-state index < -0.39 is 10.0 Å². The number of hydrogen-bond acceptors (Lipinski definition) is 4. The molecule has 20 heavy (non-hydrogen) atoms. The molecule has 0 bridgehead atoms. The third-order valence-corrected chi connectivity index (χ3v) is 5.27. The van der Waals surface area contributed by atoms with Crippen molar-refractivity contribution < 1.29 is 8.42 Å². The topological polar surface area (TPSA) is 66.6 Å². The molecule has 1 rings (SSSR count). The SMILES string of the molecule is Cc1ccc(S(=O)(=O)N(C)C(C)CN)cc1N(C)C.Cl. The standard InChI is InChI=1S/C13H23N3O2S.ClH/c1-10-6-7-12(8-13(10)15(3)4)19(17,18)16(5)11(2)9-14;/h6-8,11H,9,14H2,1-5H3;1H. The normalized spacial score (nSPS) is 12.9. The van der Waals surface area contributed by atoms with E-state index in [0.717, 1.165) is 11.3 Å². The van der Waals surface area contributed by atoms with Gasteiger partial charge in [0.1, 0.15) is 0 Å². The van der Waals surface area contributed by atoms with E-state index in [0.29, 0.717) is 11.4 Å². The minimum atomic E-state index is -3.50. The molecule has 0 fully saturated rings. The van der Waals surface area contributed by atoms with Crippen molar-refractivity contribution in [3.05, 3.63) is 23.8 Å². The quantitative estimate of drug-likeness (QED) is 0.891. The molecule has 0 aliphatic carbocycles. The largest absolute Gasteiger partial charge is 0.377 e. The van der Waals surface area contributed by atoms with Crippen LogP contribution >= 0.6 is 12.4 Å². The molecule has 5 nitrogen and oxygen atoms in total. The van der Waals surface area contributed by atoms with Crippen molar-refractivity contribution in [2.45, 2.75) is 24.8 Å². The average molecular weight is 322 g/mol. The molecule has 0 heterocycles. The first kappa shape index (κ1) is 19.2. The molecule has 0 spiro atoms. The second-order valence-corrected chi connectivity index (χ2v) is 6.95. The minimum absolute atomic E-state index is 0. The molecule has 0 saturated carbocycles. The van der Waals surface area contributed by atoms with Gasteiger partial charge in [-0.2, -0.15) is 4.31 Å². The molecule has 0 radical (unpaired) electrons. The molecule has 0 saturated heterocycles. The fourth-order valence-corrected chi connectivity index (χ4v) is 3.18. The molecule has 116 valence electrons. The molecule has 1 unspecified atom stereocenters. The van der Waals surface area contributed by atoms with E-state index in [4.69, 9.17) is 5.73 Å². The first-order valence-corrected chi connectivity index (χ1v) is 7.62. The van der Waals surface area contributed by atoms with Gasteiger partial charge in [0.15, 0.2) is 0 Å². The van der Waals surface area contributed by atoms with Gasteiger partial charge >= 0.3 is 0 Å². The third-order valence-electron chi connectivity index (χ3n) is 3.30. The predicted octanol–water partition coefficient (Wildman–Crippen LogP) is 1.45. The highest BCUT2D eigenvalue weighted by atomic mass is 35.5. The first-order valence-electron chi connectivity index (χ1n) is 6.18. The second-order valence-electron chi connectivity index (χ2n) is 4.95. The fourth-order valence-electron chi connectivity index (χ4n) is 1.78. The summed E-state index contributed by atoms with van der Waals surface area (Å²) < 4.78 is 26.3. The van der Waals surface area contributed by atoms with Crippen LogP contribution in [0.5, 0.6) is 0 Å². The van der Waals surface area contributed by atoms with Gasteiger partial charge in [-0.25, -0.2) is 8.42 Å². The molecule has 1 aromatic carbocycles. The lowest BCUT2D eigenvalue weighted by atomic mass is 10.2. The van der Waals surface area contributed by atoms with Gasteiger partial charge in [-0.3, -0.25) is 0 Å². The molecular weight excluding hydrogens is 298 g/mol. The van der Waals surface area contributed by atoms with E-state index in [1.54, 1.807) is 26.1 Å². The number of nitrogens with zero attached hydrogens (tertiary/aromatic N) is 2. The van der Waals surface area contributed by atoms with Crippen LogP contribution in [0.1, 0.15) is 12.5 Å². The maximum absolute atomic E-state index is 12.5. The van der Waals surface area contributed by atoms with E-state index in [1.165, 1.54) is 4.31 Å². The van der Waals surface area contributed by atoms with E-state index in [1.807, 2.05) is 32.0 Å². The van der Waals surface area contributed by atoms with Crippen LogP contribution in [0.2, 0.25) is 0 Å². The highest BCUT2D eigenvalue weighted by molar-refractivity contribution is 7.89. The molecule has 2 N–H and O–H groups in total. The summed E-state index contributed by atoms with van der Waals surface area (Å²) in [6.07, 6.45) is 0. The summed E-state index contributed by atoms with van der Waals surface area (Å²) in [4.78, 5) is 2.20. The zero-order valence-corrected chi connectivity index (χ0v) is 14.3. The zero-order chi connectivity index (χ0) is 14.8. The lowest BCUT2D eigenvalue weighted by Crippen LogP contribution is -2.39. The summed E-state index contributed by atoms with van der Waals surface area (Å²) in [5.41, 5.74) is 7.47. The molecule has 0 aliphatic rings. The highest BCUT2D eigenvalue weighted by Crippen LogP contribution is 2.24. The van der Waals surface area contributed by atoms with E-state index in [2.05, 4.69) is 0 Å². The van der Waals surface area contributed by atoms with Gasteiger partial charge in [-0.15, -0.1) is 12.4 Å². The number of nitrogens with two attached hydrogens (primary N) is 1. The van der Waals surface area contributed by atoms with Gasteiger partial charge in [-0.05, 0) is 31.5 Å². The number of hydrogen-bond donors (Lipinski definition) is 1. The Morgan fingerprint density at radius 3 is 2.25 bits per heavy atom. The smallest absolute Gasteiger partial charge is 0.243 e. The lowest BCUT2D eigenvalue weighted by Gasteiger charge is -2.24. The van der Waals surface area contributed by atoms with Gasteiger partial charge in [0.2, 0.25) is 10.0 Å². The summed E-state index contributed by atoms with van der Waals surface area (Å²) >= 11 is 0. The van der Waals surface area contributed by atoms with Gasteiger partial charge in [0.25, 0.3) is 0 Å². The van der Waals surface area contributed by atoms with Crippen LogP contribution in [0.15, 0.2) is 23.1 Å². The van der Waals surface area contributed by atoms with Gasteiger partial charge < -0.3 is 10.6 Å². The minimum Gasteiger partial charge on any atom is -0.377 e. The maximum Gasteiger partial charge on any atom is 0.243 e. The molecule has 7 heteroatoms. The Hall–Kier alpha value is -0.820. The summed E-state index contributed by atoms with van der Waals surface area (Å²) in [5, 5.41) is 0. The lowest BCUT2D eigenvalue weighted by molar-refractivity contribution is 0.394. The number of benzene rings is 1. The van der Waals surface area contributed by atoms with E-state index in [9.17, 15) is 8.42 Å². The number of anilines is 1. The first-order chi connectivity index (χ1) is 8.71. The number of likely N-dealkylation sites (N-methyl/N-ethyl adjacent to an activating group) is 1. The number of rotatable bonds is 5. The van der Waals surface area contributed by atoms with Crippen LogP contribution in [0.3, 0.4) is 0 Å². The molecule has 0 aliphatic heterocycles. The number of halogens is 1. The molecule has 1 atom stereocenters. The summed E-state index contributed by atoms with van der Waals surface area (Å²) in [6.45, 7) is 4.04. The van der Waals surface area contributed by atoms with Gasteiger partial charge in [0, 0.05) is 39.4 Å². The van der Waals surface area contributed by atoms with Crippen LogP contribution in [0.4, 0.5) is 5.69 Å². The predicted molar refractivity (Wildman–Crippen MR) is 86.2 cm³/mol. The van der Waals surface area contributed by atoms with Crippen LogP contribution < -0.4 is 10.6 Å². The zero-order valence-electron chi connectivity index (χ0n) is 12.6. The Balaban J connectivity index is 0.00000361. The fraction of sp³-hybridized carbons (Fsp3) is 0.538. The van der Waals surface area contributed by atoms with Crippen molar-refractivity contribution in [2.24, 2.45) is 5.73 Å². The Labute approximate surface area is 128 Å². The average Bonchev–Trinajstić information content (AvgIpc) is 2.36. The highest BCUT2D eigenvalue weighted by Gasteiger charge is 2.25. The van der Waals surface area contributed by atoms with E-state index >= 15 is 0 Å². The molecule has 0 aromatic heterocycles. The second kappa shape index (κ2) is 7.26. The van der Waals surface area contributed by atoms with Gasteiger partial charge in [0.05, 0.1) is 4.90 Å². The summed E-state index contributed by atoms with van der Waals surface area (Å²) in [6, 6.07) is 4.93. The maximum atomic E-state index is 12.5. The van der Waals surface area contributed by atoms with Crippen molar-refractivity contribution in [2.75, 3.05) is 32.6 Å². The Bertz CT molecular complexity index is 547. The molecular formula is C13H24ClN3O2S. The summed E-state index contributed by atoms with van der Waals surface area (Å²) in [7, 11) is 1.85. The van der Waals surface area contributed by atoms with Crippen LogP contribution in [0, 0.1) is 6.92 Å². The van der Waals surface area contributed by atoms with E-state index in [-0.39, 0.29) is 18.4 Å². The van der Waals surface area contributed by atoms with Crippen LogP contribution in [0.25, 0.3) is 0 Å². The third kappa shape index (κ3) is 3.85. The monoisotopic (exact) mass is 321 g/mol. The summed E-state index contributed by atoms with van der Waals surface area (Å²) in [5.74, 6) is 0. The van der Waals surface area contributed by atoms with Crippen molar-refractivity contribution in [3.63, 3.8) is 0 Å². The molecule has 0 amide bonds.